The van der Waals surface area contributed by atoms with Gasteiger partial charge in [-0.3, -0.25) is 11.3 Å². The van der Waals surface area contributed by atoms with Gasteiger partial charge < -0.3 is 4.79 Å². The van der Waals surface area contributed by atoms with Gasteiger partial charge in [-0.1, -0.05) is 11.6 Å². The monoisotopic (exact) mass is 120 g/mol. The molecule has 0 N–H and O–H groups in total. The van der Waals surface area contributed by atoms with E-state index in [1.807, 2.05) is 6.07 Å². The maximum absolute atomic E-state index is 9.82. The van der Waals surface area contributed by atoms with Crippen LogP contribution in [-0.4, -0.2) is 11.3 Å². The molecule has 1 rings (SSSR count). The molecule has 0 aliphatic rings. The fourth-order valence-electron chi connectivity index (χ4n) is 0.586. The molecule has 0 amide bonds. The smallest absolute Gasteiger partial charge is 0.0275 e. The third-order valence-electron chi connectivity index (χ3n) is 0.999. The Bertz CT molecular complexity index is 183. The van der Waals surface area contributed by atoms with Gasteiger partial charge in [0.1, 0.15) is 0 Å². The third-order valence-corrected chi connectivity index (χ3v) is 0.999. The highest BCUT2D eigenvalue weighted by Crippen LogP contribution is 1.93. The quantitative estimate of drug-likeness (QED) is 0.538. The van der Waals surface area contributed by atoms with E-state index >= 15 is 0 Å². The first-order valence-electron chi connectivity index (χ1n) is 2.67. The van der Waals surface area contributed by atoms with Crippen LogP contribution < -0.4 is 0 Å². The van der Waals surface area contributed by atoms with Crippen molar-refractivity contribution in [2.45, 2.75) is 6.42 Å². The fraction of sp³-hybridized carbons (Fsp3) is 0.143. The number of nitrogens with zero attached hydrogens (tertiary/aromatic N) is 1. The first-order valence-corrected chi connectivity index (χ1v) is 2.67. The first-order chi connectivity index (χ1) is 4.43. The van der Waals surface area contributed by atoms with Crippen LogP contribution in [0.1, 0.15) is 5.56 Å². The number of hydrogen-bond acceptors (Lipinski definition) is 2. The average molecular weight is 120 g/mol. The van der Waals surface area contributed by atoms with E-state index < -0.39 is 0 Å². The summed E-state index contributed by atoms with van der Waals surface area (Å²) in [5.74, 6) is 0. The van der Waals surface area contributed by atoms with E-state index in [1.165, 1.54) is 0 Å². The molecule has 1 heterocycles. The normalized spacial score (nSPS) is 8.89. The third kappa shape index (κ3) is 1.64. The molecule has 0 unspecified atom stereocenters. The maximum atomic E-state index is 9.82. The van der Waals surface area contributed by atoms with Crippen molar-refractivity contribution >= 4 is 6.29 Å². The van der Waals surface area contributed by atoms with Gasteiger partial charge in [-0.25, -0.2) is 0 Å². The van der Waals surface area contributed by atoms with Crippen molar-refractivity contribution in [3.05, 3.63) is 30.1 Å². The predicted octanol–water partition coefficient (Wildman–Crippen LogP) is 0.734. The van der Waals surface area contributed by atoms with Gasteiger partial charge >= 0.3 is 0 Å². The van der Waals surface area contributed by atoms with Crippen molar-refractivity contribution in [2.75, 3.05) is 0 Å². The second-order valence-electron chi connectivity index (χ2n) is 1.68. The van der Waals surface area contributed by atoms with Crippen LogP contribution in [0, 0.1) is 0 Å². The number of aromatic nitrogens is 1. The molecule has 46 valence electrons. The minimum Gasteiger partial charge on any atom is -0.541 e. The molecule has 2 heteroatoms. The number of rotatable bonds is 2. The molecule has 0 atom stereocenters. The zero-order chi connectivity index (χ0) is 6.53. The van der Waals surface area contributed by atoms with Crippen LogP contribution in [0.15, 0.2) is 24.5 Å². The van der Waals surface area contributed by atoms with Crippen LogP contribution in [-0.2, 0) is 11.2 Å². The van der Waals surface area contributed by atoms with Crippen LogP contribution in [0.4, 0.5) is 0 Å². The number of pyridine rings is 1. The first kappa shape index (κ1) is 5.95. The molecule has 0 aliphatic carbocycles. The molecule has 1 aromatic heterocycles. The molecule has 0 radical (unpaired) electrons. The van der Waals surface area contributed by atoms with E-state index in [9.17, 15) is 4.79 Å². The summed E-state index contributed by atoms with van der Waals surface area (Å²) >= 11 is 0. The molecule has 0 fully saturated rings. The van der Waals surface area contributed by atoms with E-state index in [-0.39, 0.29) is 0 Å². The summed E-state index contributed by atoms with van der Waals surface area (Å²) in [5, 5.41) is 0. The lowest BCUT2D eigenvalue weighted by molar-refractivity contribution is 0.555. The minimum atomic E-state index is 0.341. The molecular weight excluding hydrogens is 114 g/mol. The summed E-state index contributed by atoms with van der Waals surface area (Å²) in [7, 11) is 0. The highest BCUT2D eigenvalue weighted by atomic mass is 16.1. The van der Waals surface area contributed by atoms with Crippen molar-refractivity contribution < 1.29 is 4.79 Å². The molecule has 9 heavy (non-hydrogen) atoms. The molecule has 0 saturated heterocycles. The Hall–Kier alpha value is -1.18. The van der Waals surface area contributed by atoms with Gasteiger partial charge in [0.25, 0.3) is 0 Å². The minimum absolute atomic E-state index is 0.341. The van der Waals surface area contributed by atoms with E-state index in [1.54, 1.807) is 24.7 Å². The molecule has 0 saturated carbocycles. The highest BCUT2D eigenvalue weighted by molar-refractivity contribution is 5.55. The summed E-state index contributed by atoms with van der Waals surface area (Å²) in [6.07, 6.45) is 5.47. The largest absolute Gasteiger partial charge is 0.541 e. The van der Waals surface area contributed by atoms with Crippen molar-refractivity contribution in [1.82, 2.24) is 4.98 Å². The van der Waals surface area contributed by atoms with Crippen molar-refractivity contribution in [3.63, 3.8) is 0 Å². The molecular formula is C7H6NO-. The molecule has 0 aliphatic heterocycles. The molecule has 0 bridgehead atoms. The van der Waals surface area contributed by atoms with Crippen LogP contribution >= 0.6 is 0 Å². The van der Waals surface area contributed by atoms with E-state index in [0.717, 1.165) is 5.56 Å². The Balaban J connectivity index is 2.72. The summed E-state index contributed by atoms with van der Waals surface area (Å²) in [4.78, 5) is 13.6. The number of hydrogen-bond donors (Lipinski definition) is 0. The van der Waals surface area contributed by atoms with Gasteiger partial charge in [0.05, 0.1) is 0 Å². The molecule has 2 nitrogen and oxygen atoms in total. The van der Waals surface area contributed by atoms with Crippen LogP contribution in [0.25, 0.3) is 0 Å². The van der Waals surface area contributed by atoms with Crippen molar-refractivity contribution in [1.29, 1.82) is 0 Å². The van der Waals surface area contributed by atoms with Gasteiger partial charge in [-0.15, -0.1) is 6.42 Å². The lowest BCUT2D eigenvalue weighted by atomic mass is 10.2. The van der Waals surface area contributed by atoms with Gasteiger partial charge in [-0.2, -0.15) is 0 Å². The summed E-state index contributed by atoms with van der Waals surface area (Å²) in [6.45, 7) is 0. The second kappa shape index (κ2) is 2.97. The Morgan fingerprint density at radius 2 is 2.56 bits per heavy atom. The Morgan fingerprint density at radius 3 is 3.11 bits per heavy atom. The lowest BCUT2D eigenvalue weighted by Gasteiger charge is -1.96. The van der Waals surface area contributed by atoms with Gasteiger partial charge in [0.2, 0.25) is 0 Å². The van der Waals surface area contributed by atoms with Crippen LogP contribution in [0.3, 0.4) is 0 Å². The molecule has 1 aromatic rings. The number of carbonyl (C=O) groups excluding carboxylic acids is 1. The van der Waals surface area contributed by atoms with Gasteiger partial charge in [0, 0.05) is 12.4 Å². The SMILES string of the molecule is O=[C-]Cc1cccnc1. The molecule has 0 spiro atoms. The van der Waals surface area contributed by atoms with Crippen LogP contribution in [0.5, 0.6) is 0 Å². The topological polar surface area (TPSA) is 30.0 Å². The van der Waals surface area contributed by atoms with E-state index in [0.29, 0.717) is 6.42 Å². The van der Waals surface area contributed by atoms with E-state index in [2.05, 4.69) is 4.98 Å². The summed E-state index contributed by atoms with van der Waals surface area (Å²) in [5.41, 5.74) is 0.910. The Labute approximate surface area is 53.5 Å². The highest BCUT2D eigenvalue weighted by Gasteiger charge is 1.78. The predicted molar refractivity (Wildman–Crippen MR) is 33.6 cm³/mol. The van der Waals surface area contributed by atoms with Crippen molar-refractivity contribution in [3.8, 4) is 0 Å². The summed E-state index contributed by atoms with van der Waals surface area (Å²) in [6, 6.07) is 3.64. The Morgan fingerprint density at radius 1 is 1.67 bits per heavy atom. The van der Waals surface area contributed by atoms with Crippen molar-refractivity contribution in [2.24, 2.45) is 0 Å². The van der Waals surface area contributed by atoms with Gasteiger partial charge in [0.15, 0.2) is 0 Å². The van der Waals surface area contributed by atoms with Crippen LogP contribution in [0.2, 0.25) is 0 Å². The molecule has 0 aromatic carbocycles. The fourth-order valence-corrected chi connectivity index (χ4v) is 0.586. The Kier molecular flexibility index (Phi) is 1.96. The zero-order valence-corrected chi connectivity index (χ0v) is 4.87. The average Bonchev–Trinajstić information content (AvgIpc) is 1.91. The summed E-state index contributed by atoms with van der Waals surface area (Å²) < 4.78 is 0. The lowest BCUT2D eigenvalue weighted by Crippen LogP contribution is -1.84. The maximum Gasteiger partial charge on any atom is 0.0275 e. The zero-order valence-electron chi connectivity index (χ0n) is 4.87. The standard InChI is InChI=1S/C7H6NO/c9-5-3-7-2-1-4-8-6-7/h1-2,4,6H,3H2/q-1. The van der Waals surface area contributed by atoms with E-state index in [4.69, 9.17) is 0 Å². The second-order valence-corrected chi connectivity index (χ2v) is 1.68. The van der Waals surface area contributed by atoms with Gasteiger partial charge in [-0.05, 0) is 6.07 Å².